The van der Waals surface area contributed by atoms with Gasteiger partial charge in [-0.1, -0.05) is 29.8 Å². The minimum Gasteiger partial charge on any atom is -0.449 e. The van der Waals surface area contributed by atoms with Crippen LogP contribution in [-0.4, -0.2) is 4.98 Å². The highest BCUT2D eigenvalue weighted by atomic mass is 35.5. The summed E-state index contributed by atoms with van der Waals surface area (Å²) < 4.78 is 5.10. The van der Waals surface area contributed by atoms with Gasteiger partial charge in [-0.05, 0) is 6.07 Å². The molecule has 2 aromatic rings. The lowest BCUT2D eigenvalue weighted by molar-refractivity contribution is 0.521. The van der Waals surface area contributed by atoms with Gasteiger partial charge in [-0.3, -0.25) is 0 Å². The number of halogens is 1. The summed E-state index contributed by atoms with van der Waals surface area (Å²) >= 11 is 5.99. The summed E-state index contributed by atoms with van der Waals surface area (Å²) in [5.41, 5.74) is 1.68. The maximum Gasteiger partial charge on any atom is 0.191 e. The van der Waals surface area contributed by atoms with Crippen molar-refractivity contribution in [3.8, 4) is 11.3 Å². The predicted molar refractivity (Wildman–Crippen MR) is 51.7 cm³/mol. The molecule has 0 aliphatic rings. The van der Waals surface area contributed by atoms with E-state index in [4.69, 9.17) is 16.0 Å². The normalized spacial score (nSPS) is 10.3. The van der Waals surface area contributed by atoms with E-state index in [-0.39, 0.29) is 0 Å². The average Bonchev–Trinajstić information content (AvgIpc) is 2.53. The van der Waals surface area contributed by atoms with Crippen LogP contribution in [0.1, 0.15) is 5.89 Å². The first-order valence-electron chi connectivity index (χ1n) is 3.94. The van der Waals surface area contributed by atoms with Gasteiger partial charge in [-0.25, -0.2) is 4.98 Å². The fraction of sp³-hybridized carbons (Fsp3) is 0.100. The van der Waals surface area contributed by atoms with Crippen molar-refractivity contribution >= 4 is 11.6 Å². The zero-order valence-corrected chi connectivity index (χ0v) is 7.88. The Hall–Kier alpha value is -1.28. The third kappa shape index (κ3) is 1.58. The molecule has 1 aromatic heterocycles. The van der Waals surface area contributed by atoms with Gasteiger partial charge in [0.15, 0.2) is 5.89 Å². The molecule has 0 N–H and O–H groups in total. The van der Waals surface area contributed by atoms with Crippen molar-refractivity contribution in [2.75, 3.05) is 0 Å². The molecule has 1 aromatic carbocycles. The standard InChI is InChI=1S/C10H8ClNO/c1-7-12-10(6-13-7)8-4-2-3-5-9(8)11/h2-6H,1H3. The first-order chi connectivity index (χ1) is 6.27. The maximum absolute atomic E-state index is 5.99. The molecule has 0 saturated heterocycles. The number of nitrogens with zero attached hydrogens (tertiary/aromatic N) is 1. The first kappa shape index (κ1) is 8.32. The van der Waals surface area contributed by atoms with Gasteiger partial charge in [0.05, 0.1) is 5.02 Å². The molecule has 0 amide bonds. The molecular weight excluding hydrogens is 186 g/mol. The lowest BCUT2D eigenvalue weighted by Crippen LogP contribution is -1.78. The predicted octanol–water partition coefficient (Wildman–Crippen LogP) is 3.30. The molecule has 0 fully saturated rings. The number of oxazole rings is 1. The molecular formula is C10H8ClNO. The number of aromatic nitrogens is 1. The Morgan fingerprint density at radius 2 is 2.08 bits per heavy atom. The van der Waals surface area contributed by atoms with Gasteiger partial charge in [0.1, 0.15) is 12.0 Å². The highest BCUT2D eigenvalue weighted by Crippen LogP contribution is 2.26. The molecule has 66 valence electrons. The topological polar surface area (TPSA) is 26.0 Å². The van der Waals surface area contributed by atoms with Crippen molar-refractivity contribution in [1.82, 2.24) is 4.98 Å². The summed E-state index contributed by atoms with van der Waals surface area (Å²) in [7, 11) is 0. The largest absolute Gasteiger partial charge is 0.449 e. The average molecular weight is 194 g/mol. The number of aryl methyl sites for hydroxylation is 1. The monoisotopic (exact) mass is 193 g/mol. The molecule has 0 spiro atoms. The van der Waals surface area contributed by atoms with Crippen LogP contribution in [-0.2, 0) is 0 Å². The zero-order valence-electron chi connectivity index (χ0n) is 7.12. The number of benzene rings is 1. The molecule has 0 unspecified atom stereocenters. The van der Waals surface area contributed by atoms with E-state index in [2.05, 4.69) is 4.98 Å². The summed E-state index contributed by atoms with van der Waals surface area (Å²) in [5, 5.41) is 0.691. The number of hydrogen-bond donors (Lipinski definition) is 0. The Balaban J connectivity index is 2.52. The van der Waals surface area contributed by atoms with E-state index >= 15 is 0 Å². The zero-order chi connectivity index (χ0) is 9.26. The van der Waals surface area contributed by atoms with Gasteiger partial charge in [0.2, 0.25) is 0 Å². The maximum atomic E-state index is 5.99. The van der Waals surface area contributed by atoms with Gasteiger partial charge in [-0.2, -0.15) is 0 Å². The smallest absolute Gasteiger partial charge is 0.191 e. The molecule has 1 heterocycles. The van der Waals surface area contributed by atoms with Crippen LogP contribution < -0.4 is 0 Å². The van der Waals surface area contributed by atoms with Crippen LogP contribution in [0.2, 0.25) is 5.02 Å². The summed E-state index contributed by atoms with van der Waals surface area (Å²) in [6.07, 6.45) is 1.61. The Morgan fingerprint density at radius 1 is 1.31 bits per heavy atom. The SMILES string of the molecule is Cc1nc(-c2ccccc2Cl)co1. The Bertz CT molecular complexity index is 422. The van der Waals surface area contributed by atoms with Gasteiger partial charge in [0, 0.05) is 12.5 Å². The third-order valence-corrected chi connectivity index (χ3v) is 2.10. The molecule has 13 heavy (non-hydrogen) atoms. The fourth-order valence-corrected chi connectivity index (χ4v) is 1.39. The summed E-state index contributed by atoms with van der Waals surface area (Å²) in [5.74, 6) is 0.648. The van der Waals surface area contributed by atoms with Crippen LogP contribution >= 0.6 is 11.6 Å². The summed E-state index contributed by atoms with van der Waals surface area (Å²) in [4.78, 5) is 4.19. The molecule has 0 aliphatic carbocycles. The molecule has 0 atom stereocenters. The Labute approximate surface area is 81.2 Å². The number of hydrogen-bond acceptors (Lipinski definition) is 2. The van der Waals surface area contributed by atoms with Gasteiger partial charge in [-0.15, -0.1) is 0 Å². The molecule has 2 rings (SSSR count). The molecule has 0 saturated carbocycles. The molecule has 3 heteroatoms. The van der Waals surface area contributed by atoms with Crippen molar-refractivity contribution in [2.24, 2.45) is 0 Å². The van der Waals surface area contributed by atoms with Gasteiger partial charge >= 0.3 is 0 Å². The first-order valence-corrected chi connectivity index (χ1v) is 4.32. The van der Waals surface area contributed by atoms with E-state index in [1.165, 1.54) is 0 Å². The van der Waals surface area contributed by atoms with E-state index < -0.39 is 0 Å². The summed E-state index contributed by atoms with van der Waals surface area (Å²) in [6.45, 7) is 1.81. The van der Waals surface area contributed by atoms with Crippen LogP contribution in [0, 0.1) is 6.92 Å². The number of rotatable bonds is 1. The lowest BCUT2D eigenvalue weighted by Gasteiger charge is -1.97. The second-order valence-electron chi connectivity index (χ2n) is 2.73. The van der Waals surface area contributed by atoms with Crippen LogP contribution in [0.3, 0.4) is 0 Å². The van der Waals surface area contributed by atoms with Crippen molar-refractivity contribution in [1.29, 1.82) is 0 Å². The van der Waals surface area contributed by atoms with Crippen molar-refractivity contribution in [3.63, 3.8) is 0 Å². The Kier molecular flexibility index (Phi) is 2.07. The Morgan fingerprint density at radius 3 is 2.69 bits per heavy atom. The second kappa shape index (κ2) is 3.23. The fourth-order valence-electron chi connectivity index (χ4n) is 1.16. The van der Waals surface area contributed by atoms with Gasteiger partial charge in [0.25, 0.3) is 0 Å². The van der Waals surface area contributed by atoms with E-state index in [0.29, 0.717) is 10.9 Å². The van der Waals surface area contributed by atoms with Crippen LogP contribution in [0.15, 0.2) is 34.9 Å². The van der Waals surface area contributed by atoms with Crippen molar-refractivity contribution in [2.45, 2.75) is 6.92 Å². The van der Waals surface area contributed by atoms with E-state index in [1.807, 2.05) is 24.3 Å². The second-order valence-corrected chi connectivity index (χ2v) is 3.14. The summed E-state index contributed by atoms with van der Waals surface area (Å²) in [6, 6.07) is 7.56. The molecule has 2 nitrogen and oxygen atoms in total. The van der Waals surface area contributed by atoms with E-state index in [0.717, 1.165) is 11.3 Å². The van der Waals surface area contributed by atoms with Gasteiger partial charge < -0.3 is 4.42 Å². The van der Waals surface area contributed by atoms with E-state index in [1.54, 1.807) is 13.2 Å². The van der Waals surface area contributed by atoms with Crippen LogP contribution in [0.5, 0.6) is 0 Å². The third-order valence-electron chi connectivity index (χ3n) is 1.77. The van der Waals surface area contributed by atoms with E-state index in [9.17, 15) is 0 Å². The van der Waals surface area contributed by atoms with Crippen LogP contribution in [0.4, 0.5) is 0 Å². The molecule has 0 aliphatic heterocycles. The quantitative estimate of drug-likeness (QED) is 0.695. The molecule has 0 radical (unpaired) electrons. The van der Waals surface area contributed by atoms with Crippen molar-refractivity contribution < 1.29 is 4.42 Å². The highest BCUT2D eigenvalue weighted by Gasteiger charge is 2.05. The lowest BCUT2D eigenvalue weighted by atomic mass is 10.2. The molecule has 0 bridgehead atoms. The van der Waals surface area contributed by atoms with Crippen LogP contribution in [0.25, 0.3) is 11.3 Å². The minimum absolute atomic E-state index is 0.648. The van der Waals surface area contributed by atoms with Crippen molar-refractivity contribution in [3.05, 3.63) is 41.4 Å². The minimum atomic E-state index is 0.648. The highest BCUT2D eigenvalue weighted by molar-refractivity contribution is 6.33.